The van der Waals surface area contributed by atoms with Crippen molar-refractivity contribution in [3.63, 3.8) is 0 Å². The van der Waals surface area contributed by atoms with Crippen LogP contribution in [0.25, 0.3) is 0 Å². The molecule has 0 aliphatic heterocycles. The van der Waals surface area contributed by atoms with Crippen LogP contribution in [-0.4, -0.2) is 18.0 Å². The van der Waals surface area contributed by atoms with Crippen LogP contribution in [0.2, 0.25) is 0 Å². The third kappa shape index (κ3) is 5.31. The SMILES string of the molecule is NC(=O)Nc1cc(C#Cc2cccc(F)c2)sc1C(=O)NC1CCCCC1. The van der Waals surface area contributed by atoms with Gasteiger partial charge in [0.2, 0.25) is 0 Å². The molecule has 1 aromatic heterocycles. The fourth-order valence-electron chi connectivity index (χ4n) is 3.04. The lowest BCUT2D eigenvalue weighted by Crippen LogP contribution is -2.36. The molecule has 1 aliphatic rings. The minimum Gasteiger partial charge on any atom is -0.351 e. The Morgan fingerprint density at radius 1 is 1.15 bits per heavy atom. The van der Waals surface area contributed by atoms with E-state index in [2.05, 4.69) is 22.5 Å². The third-order valence-corrected chi connectivity index (χ3v) is 5.34. The van der Waals surface area contributed by atoms with Gasteiger partial charge < -0.3 is 16.4 Å². The van der Waals surface area contributed by atoms with Crippen LogP contribution in [0, 0.1) is 17.7 Å². The van der Waals surface area contributed by atoms with Crippen LogP contribution in [-0.2, 0) is 0 Å². The normalized spacial score (nSPS) is 14.1. The smallest absolute Gasteiger partial charge is 0.316 e. The molecule has 140 valence electrons. The highest BCUT2D eigenvalue weighted by molar-refractivity contribution is 7.15. The second kappa shape index (κ2) is 8.69. The summed E-state index contributed by atoms with van der Waals surface area (Å²) in [5, 5.41) is 5.50. The lowest BCUT2D eigenvalue weighted by molar-refractivity contribution is 0.0932. The predicted molar refractivity (Wildman–Crippen MR) is 104 cm³/mol. The molecule has 1 fully saturated rings. The molecule has 2 aromatic rings. The van der Waals surface area contributed by atoms with Crippen LogP contribution < -0.4 is 16.4 Å². The molecule has 1 saturated carbocycles. The Labute approximate surface area is 161 Å². The van der Waals surface area contributed by atoms with Crippen molar-refractivity contribution in [3.8, 4) is 11.8 Å². The van der Waals surface area contributed by atoms with Crippen molar-refractivity contribution in [1.82, 2.24) is 5.32 Å². The Hall–Kier alpha value is -2.85. The van der Waals surface area contributed by atoms with E-state index in [0.29, 0.717) is 21.0 Å². The van der Waals surface area contributed by atoms with Crippen LogP contribution in [0.3, 0.4) is 0 Å². The maximum atomic E-state index is 13.3. The zero-order valence-corrected chi connectivity index (χ0v) is 15.5. The maximum Gasteiger partial charge on any atom is 0.316 e. The van der Waals surface area contributed by atoms with E-state index < -0.39 is 6.03 Å². The molecule has 0 radical (unpaired) electrons. The largest absolute Gasteiger partial charge is 0.351 e. The van der Waals surface area contributed by atoms with Crippen LogP contribution in [0.15, 0.2) is 30.3 Å². The number of anilines is 1. The van der Waals surface area contributed by atoms with Gasteiger partial charge in [0.15, 0.2) is 0 Å². The Morgan fingerprint density at radius 3 is 2.63 bits per heavy atom. The van der Waals surface area contributed by atoms with Gasteiger partial charge in [0, 0.05) is 11.6 Å². The number of nitrogens with one attached hydrogen (secondary N) is 2. The van der Waals surface area contributed by atoms with E-state index >= 15 is 0 Å². The van der Waals surface area contributed by atoms with Gasteiger partial charge in [-0.3, -0.25) is 4.79 Å². The number of rotatable bonds is 3. The molecule has 3 amide bonds. The molecule has 0 atom stereocenters. The number of benzene rings is 1. The molecule has 5 nitrogen and oxygen atoms in total. The van der Waals surface area contributed by atoms with E-state index in [-0.39, 0.29) is 17.8 Å². The van der Waals surface area contributed by atoms with Gasteiger partial charge in [0.05, 0.1) is 10.6 Å². The molecular formula is C20H20FN3O2S. The Bertz CT molecular complexity index is 907. The number of carbonyl (C=O) groups is 2. The first-order valence-electron chi connectivity index (χ1n) is 8.80. The first-order chi connectivity index (χ1) is 13.0. The Balaban J connectivity index is 1.82. The van der Waals surface area contributed by atoms with E-state index in [1.165, 1.54) is 29.9 Å². The molecule has 27 heavy (non-hydrogen) atoms. The highest BCUT2D eigenvalue weighted by Crippen LogP contribution is 2.28. The van der Waals surface area contributed by atoms with E-state index in [0.717, 1.165) is 25.7 Å². The highest BCUT2D eigenvalue weighted by Gasteiger charge is 2.21. The molecule has 0 unspecified atom stereocenters. The lowest BCUT2D eigenvalue weighted by Gasteiger charge is -2.22. The average molecular weight is 385 g/mol. The minimum absolute atomic E-state index is 0.150. The van der Waals surface area contributed by atoms with Crippen LogP contribution in [0.4, 0.5) is 14.9 Å². The van der Waals surface area contributed by atoms with Crippen LogP contribution in [0.5, 0.6) is 0 Å². The summed E-state index contributed by atoms with van der Waals surface area (Å²) in [6.45, 7) is 0. The molecule has 1 heterocycles. The number of thiophene rings is 1. The Morgan fingerprint density at radius 2 is 1.93 bits per heavy atom. The first kappa shape index (κ1) is 18.9. The maximum absolute atomic E-state index is 13.3. The first-order valence-corrected chi connectivity index (χ1v) is 9.61. The topological polar surface area (TPSA) is 84.2 Å². The molecule has 1 aromatic carbocycles. The van der Waals surface area contributed by atoms with Crippen molar-refractivity contribution in [3.05, 3.63) is 51.5 Å². The molecule has 7 heteroatoms. The summed E-state index contributed by atoms with van der Waals surface area (Å²) in [5.74, 6) is 5.17. The lowest BCUT2D eigenvalue weighted by atomic mass is 9.95. The van der Waals surface area contributed by atoms with E-state index in [4.69, 9.17) is 5.73 Å². The van der Waals surface area contributed by atoms with Gasteiger partial charge in [-0.25, -0.2) is 9.18 Å². The number of halogens is 1. The number of hydrogen-bond acceptors (Lipinski definition) is 3. The summed E-state index contributed by atoms with van der Waals surface area (Å²) < 4.78 is 13.3. The number of nitrogens with two attached hydrogens (primary N) is 1. The van der Waals surface area contributed by atoms with Crippen LogP contribution in [0.1, 0.15) is 52.2 Å². The van der Waals surface area contributed by atoms with Crippen molar-refractivity contribution in [2.24, 2.45) is 5.73 Å². The summed E-state index contributed by atoms with van der Waals surface area (Å²) in [6.07, 6.45) is 5.32. The number of hydrogen-bond donors (Lipinski definition) is 3. The molecule has 3 rings (SSSR count). The summed E-state index contributed by atoms with van der Waals surface area (Å²) in [4.78, 5) is 24.9. The van der Waals surface area contributed by atoms with Crippen molar-refractivity contribution in [2.45, 2.75) is 38.1 Å². The van der Waals surface area contributed by atoms with Crippen LogP contribution >= 0.6 is 11.3 Å². The standard InChI is InChI=1S/C20H20FN3O2S/c21-14-6-4-5-13(11-14)9-10-16-12-17(24-20(22)26)18(27-16)19(25)23-15-7-2-1-3-8-15/h4-6,11-12,15H,1-3,7-8H2,(H,23,25)(H3,22,24,26). The summed E-state index contributed by atoms with van der Waals surface area (Å²) in [7, 11) is 0. The van der Waals surface area contributed by atoms with Gasteiger partial charge >= 0.3 is 6.03 Å². The summed E-state index contributed by atoms with van der Waals surface area (Å²) >= 11 is 1.17. The van der Waals surface area contributed by atoms with Gasteiger partial charge in [-0.05, 0) is 37.1 Å². The molecule has 0 spiro atoms. The molecule has 1 aliphatic carbocycles. The highest BCUT2D eigenvalue weighted by atomic mass is 32.1. The van der Waals surface area contributed by atoms with E-state index in [9.17, 15) is 14.0 Å². The third-order valence-electron chi connectivity index (χ3n) is 4.29. The quantitative estimate of drug-likeness (QED) is 0.702. The fraction of sp³-hybridized carbons (Fsp3) is 0.300. The monoisotopic (exact) mass is 385 g/mol. The van der Waals surface area contributed by atoms with Crippen molar-refractivity contribution < 1.29 is 14.0 Å². The molecular weight excluding hydrogens is 365 g/mol. The zero-order chi connectivity index (χ0) is 19.2. The van der Waals surface area contributed by atoms with E-state index in [1.807, 2.05) is 0 Å². The van der Waals surface area contributed by atoms with Gasteiger partial charge in [-0.15, -0.1) is 11.3 Å². The fourth-order valence-corrected chi connectivity index (χ4v) is 3.92. The predicted octanol–water partition coefficient (Wildman–Crippen LogP) is 3.84. The van der Waals surface area contributed by atoms with Gasteiger partial charge in [0.25, 0.3) is 5.91 Å². The number of urea groups is 1. The molecule has 0 saturated heterocycles. The molecule has 0 bridgehead atoms. The van der Waals surface area contributed by atoms with Gasteiger partial charge in [-0.2, -0.15) is 0 Å². The Kier molecular flexibility index (Phi) is 6.09. The van der Waals surface area contributed by atoms with E-state index in [1.54, 1.807) is 18.2 Å². The zero-order valence-electron chi connectivity index (χ0n) is 14.7. The minimum atomic E-state index is -0.746. The summed E-state index contributed by atoms with van der Waals surface area (Å²) in [5.41, 5.74) is 6.08. The number of primary amides is 1. The van der Waals surface area contributed by atoms with Crippen molar-refractivity contribution in [1.29, 1.82) is 0 Å². The second-order valence-electron chi connectivity index (χ2n) is 6.41. The number of amides is 3. The van der Waals surface area contributed by atoms with Gasteiger partial charge in [0.1, 0.15) is 10.7 Å². The van der Waals surface area contributed by atoms with Crippen molar-refractivity contribution in [2.75, 3.05) is 5.32 Å². The molecule has 4 N–H and O–H groups in total. The second-order valence-corrected chi connectivity index (χ2v) is 7.46. The van der Waals surface area contributed by atoms with Crippen molar-refractivity contribution >= 4 is 29.0 Å². The number of carbonyl (C=O) groups excluding carboxylic acids is 2. The van der Waals surface area contributed by atoms with Gasteiger partial charge in [-0.1, -0.05) is 37.2 Å². The average Bonchev–Trinajstić information content (AvgIpc) is 3.03. The summed E-state index contributed by atoms with van der Waals surface area (Å²) in [6, 6.07) is 6.97.